The van der Waals surface area contributed by atoms with Gasteiger partial charge in [-0.1, -0.05) is 35.9 Å². The fourth-order valence-electron chi connectivity index (χ4n) is 3.64. The van der Waals surface area contributed by atoms with Gasteiger partial charge >= 0.3 is 6.03 Å². The van der Waals surface area contributed by atoms with Crippen LogP contribution in [-0.4, -0.2) is 47.9 Å². The summed E-state index contributed by atoms with van der Waals surface area (Å²) in [6.45, 7) is 4.78. The van der Waals surface area contributed by atoms with Crippen molar-refractivity contribution in [1.29, 1.82) is 0 Å². The van der Waals surface area contributed by atoms with Gasteiger partial charge in [-0.3, -0.25) is 4.79 Å². The number of allylic oxidation sites excluding steroid dienone is 1. The molecule has 1 fully saturated rings. The maximum absolute atomic E-state index is 12.5. The second-order valence-corrected chi connectivity index (χ2v) is 7.26. The van der Waals surface area contributed by atoms with Gasteiger partial charge in [-0.2, -0.15) is 0 Å². The van der Waals surface area contributed by atoms with Crippen LogP contribution in [0.3, 0.4) is 0 Å². The van der Waals surface area contributed by atoms with Gasteiger partial charge in [-0.25, -0.2) is 4.79 Å². The minimum Gasteiger partial charge on any atom is -0.354 e. The Hall–Kier alpha value is -2.30. The summed E-state index contributed by atoms with van der Waals surface area (Å²) in [7, 11) is 0. The fraction of sp³-hybridized carbons (Fsp3) is 0.524. The first-order chi connectivity index (χ1) is 12.6. The third-order valence-corrected chi connectivity index (χ3v) is 5.29. The van der Waals surface area contributed by atoms with Crippen molar-refractivity contribution in [3.63, 3.8) is 0 Å². The molecule has 1 N–H and O–H groups in total. The summed E-state index contributed by atoms with van der Waals surface area (Å²) < 4.78 is 0. The Bertz CT molecular complexity index is 684. The maximum atomic E-state index is 12.5. The van der Waals surface area contributed by atoms with Crippen LogP contribution in [0.1, 0.15) is 43.2 Å². The van der Waals surface area contributed by atoms with Crippen molar-refractivity contribution in [2.24, 2.45) is 0 Å². The molecule has 1 aromatic carbocycles. The smallest absolute Gasteiger partial charge is 0.320 e. The average Bonchev–Trinajstić information content (AvgIpc) is 2.98. The Morgan fingerprint density at radius 2 is 1.96 bits per heavy atom. The van der Waals surface area contributed by atoms with E-state index >= 15 is 0 Å². The highest BCUT2D eigenvalue weighted by molar-refractivity contribution is 5.85. The number of aryl methyl sites for hydroxylation is 1. The van der Waals surface area contributed by atoms with Crippen LogP contribution in [0.15, 0.2) is 35.9 Å². The number of rotatable bonds is 7. The van der Waals surface area contributed by atoms with E-state index in [9.17, 15) is 9.59 Å². The highest BCUT2D eigenvalue weighted by Crippen LogP contribution is 2.19. The van der Waals surface area contributed by atoms with Crippen LogP contribution >= 0.6 is 0 Å². The van der Waals surface area contributed by atoms with Crippen molar-refractivity contribution in [2.75, 3.05) is 26.2 Å². The summed E-state index contributed by atoms with van der Waals surface area (Å²) in [6, 6.07) is 8.07. The first kappa shape index (κ1) is 18.5. The molecule has 1 aromatic rings. The van der Waals surface area contributed by atoms with E-state index in [1.807, 2.05) is 17.0 Å². The molecule has 140 valence electrons. The van der Waals surface area contributed by atoms with Crippen LogP contribution in [0, 0.1) is 6.92 Å². The lowest BCUT2D eigenvalue weighted by molar-refractivity contribution is -0.121. The molecule has 0 bridgehead atoms. The van der Waals surface area contributed by atoms with E-state index < -0.39 is 0 Å². The lowest BCUT2D eigenvalue weighted by Crippen LogP contribution is -2.40. The van der Waals surface area contributed by atoms with Gasteiger partial charge in [-0.05, 0) is 50.2 Å². The van der Waals surface area contributed by atoms with Gasteiger partial charge in [0.15, 0.2) is 0 Å². The summed E-state index contributed by atoms with van der Waals surface area (Å²) in [6.07, 6.45) is 8.11. The summed E-state index contributed by atoms with van der Waals surface area (Å²) >= 11 is 0. The average molecular weight is 355 g/mol. The van der Waals surface area contributed by atoms with Gasteiger partial charge < -0.3 is 15.1 Å². The van der Waals surface area contributed by atoms with Gasteiger partial charge in [-0.15, -0.1) is 0 Å². The predicted octanol–water partition coefficient (Wildman–Crippen LogP) is 3.24. The zero-order chi connectivity index (χ0) is 18.4. The van der Waals surface area contributed by atoms with Crippen LogP contribution in [0.2, 0.25) is 0 Å². The number of amides is 3. The van der Waals surface area contributed by atoms with Gasteiger partial charge in [0.2, 0.25) is 5.91 Å². The standard InChI is InChI=1S/C21H29N3O2/c1-17-7-5-6-10-19(17)15-23-13-14-24(21(23)26)16-20(25)22-12-11-18-8-3-2-4-9-18/h5-8,10H,2-4,9,11-16H2,1H3,(H,22,25). The highest BCUT2D eigenvalue weighted by atomic mass is 16.2. The number of hydrogen-bond acceptors (Lipinski definition) is 2. The number of hydrogen-bond donors (Lipinski definition) is 1. The Labute approximate surface area is 156 Å². The first-order valence-corrected chi connectivity index (χ1v) is 9.66. The van der Waals surface area contributed by atoms with Crippen LogP contribution in [-0.2, 0) is 11.3 Å². The number of nitrogens with zero attached hydrogens (tertiary/aromatic N) is 2. The minimum atomic E-state index is -0.0625. The van der Waals surface area contributed by atoms with Crippen molar-refractivity contribution in [1.82, 2.24) is 15.1 Å². The third kappa shape index (κ3) is 4.87. The quantitative estimate of drug-likeness (QED) is 0.764. The molecular formula is C21H29N3O2. The van der Waals surface area contributed by atoms with Gasteiger partial charge in [0, 0.05) is 26.2 Å². The molecule has 1 heterocycles. The summed E-state index contributed by atoms with van der Waals surface area (Å²) in [5.41, 5.74) is 3.81. The number of carbonyl (C=O) groups is 2. The highest BCUT2D eigenvalue weighted by Gasteiger charge is 2.29. The van der Waals surface area contributed by atoms with Crippen LogP contribution < -0.4 is 5.32 Å². The second-order valence-electron chi connectivity index (χ2n) is 7.26. The molecule has 3 rings (SSSR count). The molecule has 0 saturated carbocycles. The first-order valence-electron chi connectivity index (χ1n) is 9.66. The molecule has 0 unspecified atom stereocenters. The largest absolute Gasteiger partial charge is 0.354 e. The Balaban J connectivity index is 1.42. The van der Waals surface area contributed by atoms with E-state index in [0.29, 0.717) is 26.2 Å². The lowest BCUT2D eigenvalue weighted by Gasteiger charge is -2.19. The summed E-state index contributed by atoms with van der Waals surface area (Å²) in [5.74, 6) is -0.0625. The molecule has 2 aliphatic rings. The molecule has 0 atom stereocenters. The molecule has 26 heavy (non-hydrogen) atoms. The maximum Gasteiger partial charge on any atom is 0.320 e. The van der Waals surface area contributed by atoms with E-state index in [1.54, 1.807) is 4.90 Å². The Kier molecular flexibility index (Phi) is 6.31. The van der Waals surface area contributed by atoms with Crippen molar-refractivity contribution in [3.05, 3.63) is 47.0 Å². The molecule has 3 amide bonds. The molecule has 0 aromatic heterocycles. The molecule has 5 heteroatoms. The van der Waals surface area contributed by atoms with E-state index in [-0.39, 0.29) is 18.5 Å². The molecule has 5 nitrogen and oxygen atoms in total. The minimum absolute atomic E-state index is 0.0432. The number of benzene rings is 1. The van der Waals surface area contributed by atoms with Gasteiger partial charge in [0.1, 0.15) is 6.54 Å². The number of urea groups is 1. The van der Waals surface area contributed by atoms with Crippen LogP contribution in [0.5, 0.6) is 0 Å². The fourth-order valence-corrected chi connectivity index (χ4v) is 3.64. The third-order valence-electron chi connectivity index (χ3n) is 5.29. The van der Waals surface area contributed by atoms with Crippen molar-refractivity contribution < 1.29 is 9.59 Å². The van der Waals surface area contributed by atoms with E-state index in [0.717, 1.165) is 18.4 Å². The van der Waals surface area contributed by atoms with E-state index in [1.165, 1.54) is 30.4 Å². The van der Waals surface area contributed by atoms with E-state index in [2.05, 4.69) is 30.4 Å². The molecule has 0 radical (unpaired) electrons. The second kappa shape index (κ2) is 8.88. The summed E-state index contributed by atoms with van der Waals surface area (Å²) in [4.78, 5) is 28.2. The zero-order valence-electron chi connectivity index (χ0n) is 15.7. The Morgan fingerprint density at radius 3 is 2.73 bits per heavy atom. The monoisotopic (exact) mass is 355 g/mol. The summed E-state index contributed by atoms with van der Waals surface area (Å²) in [5, 5.41) is 2.96. The topological polar surface area (TPSA) is 52.6 Å². The molecular weight excluding hydrogens is 326 g/mol. The predicted molar refractivity (Wildman–Crippen MR) is 103 cm³/mol. The number of nitrogens with one attached hydrogen (secondary N) is 1. The molecule has 1 aliphatic carbocycles. The SMILES string of the molecule is Cc1ccccc1CN1CCN(CC(=O)NCCC2=CCCCC2)C1=O. The molecule has 1 saturated heterocycles. The molecule has 1 aliphatic heterocycles. The van der Waals surface area contributed by atoms with Gasteiger partial charge in [0.25, 0.3) is 0 Å². The zero-order valence-corrected chi connectivity index (χ0v) is 15.7. The van der Waals surface area contributed by atoms with Crippen LogP contribution in [0.25, 0.3) is 0 Å². The normalized spacial score (nSPS) is 17.4. The van der Waals surface area contributed by atoms with Crippen LogP contribution in [0.4, 0.5) is 4.79 Å². The Morgan fingerprint density at radius 1 is 1.15 bits per heavy atom. The van der Waals surface area contributed by atoms with Crippen molar-refractivity contribution in [2.45, 2.75) is 45.6 Å². The lowest BCUT2D eigenvalue weighted by atomic mass is 9.97. The van der Waals surface area contributed by atoms with Crippen molar-refractivity contribution >= 4 is 11.9 Å². The van der Waals surface area contributed by atoms with E-state index in [4.69, 9.17) is 0 Å². The molecule has 0 spiro atoms. The number of carbonyl (C=O) groups excluding carboxylic acids is 2. The van der Waals surface area contributed by atoms with Crippen molar-refractivity contribution in [3.8, 4) is 0 Å². The van der Waals surface area contributed by atoms with Gasteiger partial charge in [0.05, 0.1) is 0 Å².